The van der Waals surface area contributed by atoms with E-state index < -0.39 is 0 Å². The minimum absolute atomic E-state index is 0.0151. The van der Waals surface area contributed by atoms with Crippen LogP contribution < -0.4 is 5.56 Å². The Labute approximate surface area is 168 Å². The van der Waals surface area contributed by atoms with Crippen LogP contribution in [0, 0.1) is 0 Å². The molecular weight excluding hydrogens is 366 g/mol. The van der Waals surface area contributed by atoms with Gasteiger partial charge in [0.25, 0.3) is 5.56 Å². The molecule has 6 nitrogen and oxygen atoms in total. The van der Waals surface area contributed by atoms with Gasteiger partial charge in [0, 0.05) is 25.5 Å². The van der Waals surface area contributed by atoms with Gasteiger partial charge in [-0.2, -0.15) is 0 Å². The molecule has 6 heteroatoms. The quantitative estimate of drug-likeness (QED) is 0.657. The lowest BCUT2D eigenvalue weighted by molar-refractivity contribution is -0.130. The van der Waals surface area contributed by atoms with Crippen LogP contribution in [-0.4, -0.2) is 33.6 Å². The van der Waals surface area contributed by atoms with E-state index >= 15 is 0 Å². The summed E-state index contributed by atoms with van der Waals surface area (Å²) in [6, 6.07) is 13.0. The Hall–Kier alpha value is -3.28. The van der Waals surface area contributed by atoms with Crippen LogP contribution in [-0.2, 0) is 24.2 Å². The third-order valence-corrected chi connectivity index (χ3v) is 5.46. The minimum atomic E-state index is -0.224. The molecule has 1 N–H and O–H groups in total. The number of hydrogen-bond donors (Lipinski definition) is 1. The van der Waals surface area contributed by atoms with E-state index in [4.69, 9.17) is 0 Å². The van der Waals surface area contributed by atoms with Crippen LogP contribution in [0.1, 0.15) is 46.6 Å². The molecule has 0 saturated heterocycles. The number of fused-ring (bicyclic) bond motifs is 2. The van der Waals surface area contributed by atoms with Crippen molar-refractivity contribution in [2.75, 3.05) is 7.05 Å². The fraction of sp³-hybridized carbons (Fsp3) is 0.304. The van der Waals surface area contributed by atoms with E-state index in [-0.39, 0.29) is 36.6 Å². The van der Waals surface area contributed by atoms with E-state index in [1.807, 2.05) is 24.3 Å². The van der Waals surface area contributed by atoms with Gasteiger partial charge in [0.15, 0.2) is 5.78 Å². The summed E-state index contributed by atoms with van der Waals surface area (Å²) >= 11 is 0. The predicted molar refractivity (Wildman–Crippen MR) is 111 cm³/mol. The van der Waals surface area contributed by atoms with Crippen LogP contribution in [0.15, 0.2) is 47.3 Å². The molecule has 148 valence electrons. The highest BCUT2D eigenvalue weighted by atomic mass is 16.2. The molecule has 0 spiro atoms. The van der Waals surface area contributed by atoms with Gasteiger partial charge in [0.05, 0.1) is 17.4 Å². The number of ketones is 1. The molecule has 1 amide bonds. The van der Waals surface area contributed by atoms with E-state index in [2.05, 4.69) is 9.97 Å². The molecule has 0 aliphatic heterocycles. The molecule has 3 aromatic rings. The zero-order chi connectivity index (χ0) is 20.4. The Bertz CT molecular complexity index is 1150. The number of aromatic nitrogens is 2. The molecule has 1 aliphatic carbocycles. The van der Waals surface area contributed by atoms with Crippen molar-refractivity contribution in [2.24, 2.45) is 0 Å². The molecule has 0 atom stereocenters. The summed E-state index contributed by atoms with van der Waals surface area (Å²) in [6.07, 6.45) is 3.54. The van der Waals surface area contributed by atoms with E-state index in [1.54, 1.807) is 25.2 Å². The zero-order valence-corrected chi connectivity index (χ0v) is 16.4. The molecule has 0 saturated carbocycles. The van der Waals surface area contributed by atoms with Crippen molar-refractivity contribution >= 4 is 22.6 Å². The Kier molecular flexibility index (Phi) is 5.25. The highest BCUT2D eigenvalue weighted by Gasteiger charge is 2.17. The van der Waals surface area contributed by atoms with Crippen molar-refractivity contribution < 1.29 is 9.59 Å². The van der Waals surface area contributed by atoms with Gasteiger partial charge in [-0.05, 0) is 48.6 Å². The van der Waals surface area contributed by atoms with Crippen LogP contribution in [0.5, 0.6) is 0 Å². The summed E-state index contributed by atoms with van der Waals surface area (Å²) in [7, 11) is 1.65. The summed E-state index contributed by atoms with van der Waals surface area (Å²) < 4.78 is 0. The molecule has 0 radical (unpaired) electrons. The molecular formula is C23H23N3O3. The number of aromatic amines is 1. The standard InChI is InChI=1S/C23H23N3O3/c1-26(14-21-24-19-8-3-2-7-18(19)23(29)25-21)22(28)12-11-20(27)17-10-9-15-5-4-6-16(15)13-17/h2-3,7-10,13H,4-6,11-12,14H2,1H3,(H,24,25,29). The topological polar surface area (TPSA) is 83.1 Å². The van der Waals surface area contributed by atoms with E-state index in [0.29, 0.717) is 22.3 Å². The van der Waals surface area contributed by atoms with Crippen molar-refractivity contribution in [3.63, 3.8) is 0 Å². The molecule has 0 fully saturated rings. The number of carbonyl (C=O) groups is 2. The lowest BCUT2D eigenvalue weighted by Gasteiger charge is -2.16. The van der Waals surface area contributed by atoms with Crippen molar-refractivity contribution in [1.82, 2.24) is 14.9 Å². The summed E-state index contributed by atoms with van der Waals surface area (Å²) in [5.41, 5.74) is 3.64. The number of hydrogen-bond acceptors (Lipinski definition) is 4. The van der Waals surface area contributed by atoms with Crippen molar-refractivity contribution in [2.45, 2.75) is 38.6 Å². The molecule has 1 heterocycles. The summed E-state index contributed by atoms with van der Waals surface area (Å²) in [5.74, 6) is 0.253. The number of para-hydroxylation sites is 1. The predicted octanol–water partition coefficient (Wildman–Crippen LogP) is 3.03. The van der Waals surface area contributed by atoms with E-state index in [9.17, 15) is 14.4 Å². The SMILES string of the molecule is CN(Cc1nc2ccccc2c(=O)[nH]1)C(=O)CCC(=O)c1ccc2c(c1)CCC2. The number of benzene rings is 2. The Balaban J connectivity index is 1.37. The van der Waals surface area contributed by atoms with E-state index in [0.717, 1.165) is 19.3 Å². The maximum atomic E-state index is 12.5. The smallest absolute Gasteiger partial charge is 0.258 e. The summed E-state index contributed by atoms with van der Waals surface area (Å²) in [4.78, 5) is 45.8. The highest BCUT2D eigenvalue weighted by Crippen LogP contribution is 2.23. The van der Waals surface area contributed by atoms with Gasteiger partial charge in [-0.1, -0.05) is 24.3 Å². The molecule has 0 unspecified atom stereocenters. The largest absolute Gasteiger partial charge is 0.338 e. The maximum Gasteiger partial charge on any atom is 0.258 e. The average molecular weight is 389 g/mol. The molecule has 2 aromatic carbocycles. The van der Waals surface area contributed by atoms with Gasteiger partial charge in [0.1, 0.15) is 5.82 Å². The normalized spacial score (nSPS) is 12.7. The second-order valence-electron chi connectivity index (χ2n) is 7.54. The van der Waals surface area contributed by atoms with Crippen LogP contribution >= 0.6 is 0 Å². The highest BCUT2D eigenvalue weighted by molar-refractivity contribution is 5.98. The van der Waals surface area contributed by atoms with Crippen molar-refractivity contribution in [1.29, 1.82) is 0 Å². The van der Waals surface area contributed by atoms with Crippen LogP contribution in [0.2, 0.25) is 0 Å². The molecule has 0 bridgehead atoms. The summed E-state index contributed by atoms with van der Waals surface area (Å²) in [5, 5.41) is 0.519. The number of nitrogens with one attached hydrogen (secondary N) is 1. The molecule has 4 rings (SSSR count). The summed E-state index contributed by atoms with van der Waals surface area (Å²) in [6.45, 7) is 0.186. The fourth-order valence-electron chi connectivity index (χ4n) is 3.82. The van der Waals surface area contributed by atoms with Gasteiger partial charge in [-0.3, -0.25) is 14.4 Å². The first kappa shape index (κ1) is 19.1. The van der Waals surface area contributed by atoms with E-state index in [1.165, 1.54) is 16.0 Å². The lowest BCUT2D eigenvalue weighted by Crippen LogP contribution is -2.28. The van der Waals surface area contributed by atoms with Gasteiger partial charge in [-0.25, -0.2) is 4.98 Å². The Morgan fingerprint density at radius 2 is 1.86 bits per heavy atom. The van der Waals surface area contributed by atoms with Crippen LogP contribution in [0.25, 0.3) is 10.9 Å². The Morgan fingerprint density at radius 3 is 2.72 bits per heavy atom. The third-order valence-electron chi connectivity index (χ3n) is 5.46. The second kappa shape index (κ2) is 7.99. The Morgan fingerprint density at radius 1 is 1.07 bits per heavy atom. The number of rotatable bonds is 6. The van der Waals surface area contributed by atoms with Gasteiger partial charge >= 0.3 is 0 Å². The number of aryl methyl sites for hydroxylation is 2. The first-order chi connectivity index (χ1) is 14.0. The van der Waals surface area contributed by atoms with Crippen molar-refractivity contribution in [3.05, 3.63) is 75.3 Å². The van der Waals surface area contributed by atoms with Gasteiger partial charge in [0.2, 0.25) is 5.91 Å². The maximum absolute atomic E-state index is 12.5. The monoisotopic (exact) mass is 389 g/mol. The molecule has 1 aliphatic rings. The fourth-order valence-corrected chi connectivity index (χ4v) is 3.82. The lowest BCUT2D eigenvalue weighted by atomic mass is 10.0. The number of Topliss-reactive ketones (excluding diaryl/α,β-unsaturated/α-hetero) is 1. The average Bonchev–Trinajstić information content (AvgIpc) is 3.19. The number of amides is 1. The van der Waals surface area contributed by atoms with Crippen LogP contribution in [0.4, 0.5) is 0 Å². The minimum Gasteiger partial charge on any atom is -0.338 e. The van der Waals surface area contributed by atoms with Crippen LogP contribution in [0.3, 0.4) is 0 Å². The van der Waals surface area contributed by atoms with Gasteiger partial charge in [-0.15, -0.1) is 0 Å². The number of nitrogens with zero attached hydrogens (tertiary/aromatic N) is 2. The molecule has 1 aromatic heterocycles. The second-order valence-corrected chi connectivity index (χ2v) is 7.54. The third kappa shape index (κ3) is 4.11. The van der Waals surface area contributed by atoms with Crippen molar-refractivity contribution in [3.8, 4) is 0 Å². The molecule has 29 heavy (non-hydrogen) atoms. The zero-order valence-electron chi connectivity index (χ0n) is 16.4. The number of H-pyrrole nitrogens is 1. The first-order valence-electron chi connectivity index (χ1n) is 9.88. The number of carbonyl (C=O) groups excluding carboxylic acids is 2. The first-order valence-corrected chi connectivity index (χ1v) is 9.88. The van der Waals surface area contributed by atoms with Gasteiger partial charge < -0.3 is 9.88 Å².